The van der Waals surface area contributed by atoms with Crippen LogP contribution in [-0.2, 0) is 11.3 Å². The van der Waals surface area contributed by atoms with E-state index in [4.69, 9.17) is 9.26 Å². The van der Waals surface area contributed by atoms with E-state index in [2.05, 4.69) is 25.9 Å². The molecular formula is C19H21N7O6. The zero-order valence-electron chi connectivity index (χ0n) is 17.6. The number of nitro groups is 1. The SMILES string of the molecule is COc1ccc(-c2noc(C(=O)NCCNC(=O)Cn3nc(C)c([N+](=O)[O-])c3C)n2)cc1. The Morgan fingerprint density at radius 3 is 2.50 bits per heavy atom. The molecule has 2 N–H and O–H groups in total. The fraction of sp³-hybridized carbons (Fsp3) is 0.316. The lowest BCUT2D eigenvalue weighted by atomic mass is 10.2. The average Bonchev–Trinajstić information content (AvgIpc) is 3.36. The summed E-state index contributed by atoms with van der Waals surface area (Å²) in [5.41, 5.74) is 1.07. The van der Waals surface area contributed by atoms with Crippen LogP contribution in [0.3, 0.4) is 0 Å². The van der Waals surface area contributed by atoms with E-state index in [-0.39, 0.29) is 42.7 Å². The Balaban J connectivity index is 1.46. The topological polar surface area (TPSA) is 167 Å². The molecule has 0 aliphatic rings. The van der Waals surface area contributed by atoms with Crippen LogP contribution >= 0.6 is 0 Å². The Morgan fingerprint density at radius 1 is 1.19 bits per heavy atom. The lowest BCUT2D eigenvalue weighted by Gasteiger charge is -2.06. The summed E-state index contributed by atoms with van der Waals surface area (Å²) < 4.78 is 11.3. The molecule has 0 aliphatic heterocycles. The molecular weight excluding hydrogens is 422 g/mol. The van der Waals surface area contributed by atoms with Crippen molar-refractivity contribution >= 4 is 17.5 Å². The standard InChI is InChI=1S/C19H21N7O6/c1-11-16(26(29)30)12(2)25(23-11)10-15(27)20-8-9-21-18(28)19-22-17(24-32-19)13-4-6-14(31-3)7-5-13/h4-7H,8-10H2,1-3H3,(H,20,27)(H,21,28). The number of carbonyl (C=O) groups is 2. The maximum atomic E-state index is 12.2. The van der Waals surface area contributed by atoms with E-state index in [1.807, 2.05) is 0 Å². The fourth-order valence-electron chi connectivity index (χ4n) is 2.92. The van der Waals surface area contributed by atoms with Crippen LogP contribution in [0.4, 0.5) is 5.69 Å². The summed E-state index contributed by atoms with van der Waals surface area (Å²) in [6.45, 7) is 3.10. The highest BCUT2D eigenvalue weighted by Crippen LogP contribution is 2.21. The van der Waals surface area contributed by atoms with E-state index in [0.717, 1.165) is 0 Å². The molecule has 32 heavy (non-hydrogen) atoms. The molecule has 0 unspecified atom stereocenters. The van der Waals surface area contributed by atoms with Gasteiger partial charge in [-0.2, -0.15) is 10.1 Å². The molecule has 0 spiro atoms. The molecule has 0 bridgehead atoms. The van der Waals surface area contributed by atoms with Gasteiger partial charge >= 0.3 is 17.5 Å². The summed E-state index contributed by atoms with van der Waals surface area (Å²) in [6.07, 6.45) is 0. The number of carbonyl (C=O) groups excluding carboxylic acids is 2. The zero-order chi connectivity index (χ0) is 23.3. The lowest BCUT2D eigenvalue weighted by Crippen LogP contribution is -2.36. The van der Waals surface area contributed by atoms with Crippen LogP contribution in [0.5, 0.6) is 5.75 Å². The van der Waals surface area contributed by atoms with Crippen molar-refractivity contribution in [2.75, 3.05) is 20.2 Å². The van der Waals surface area contributed by atoms with E-state index in [1.54, 1.807) is 31.4 Å². The first kappa shape index (κ1) is 22.4. The van der Waals surface area contributed by atoms with E-state index in [0.29, 0.717) is 17.0 Å². The molecule has 13 heteroatoms. The second kappa shape index (κ2) is 9.68. The lowest BCUT2D eigenvalue weighted by molar-refractivity contribution is -0.386. The predicted octanol–water partition coefficient (Wildman–Crippen LogP) is 1.01. The molecule has 0 radical (unpaired) electrons. The monoisotopic (exact) mass is 443 g/mol. The summed E-state index contributed by atoms with van der Waals surface area (Å²) in [4.78, 5) is 38.8. The highest BCUT2D eigenvalue weighted by Gasteiger charge is 2.22. The third kappa shape index (κ3) is 5.06. The minimum Gasteiger partial charge on any atom is -0.497 e. The van der Waals surface area contributed by atoms with Gasteiger partial charge in [0.15, 0.2) is 0 Å². The first-order valence-corrected chi connectivity index (χ1v) is 9.51. The van der Waals surface area contributed by atoms with E-state index in [1.165, 1.54) is 18.5 Å². The van der Waals surface area contributed by atoms with Crippen molar-refractivity contribution in [1.82, 2.24) is 30.6 Å². The van der Waals surface area contributed by atoms with Crippen LogP contribution in [0.15, 0.2) is 28.8 Å². The van der Waals surface area contributed by atoms with Crippen molar-refractivity contribution in [3.05, 3.63) is 51.7 Å². The Labute approximate surface area is 181 Å². The number of ether oxygens (including phenoxy) is 1. The number of methoxy groups -OCH3 is 1. The van der Waals surface area contributed by atoms with Crippen LogP contribution in [0.25, 0.3) is 11.4 Å². The van der Waals surface area contributed by atoms with Gasteiger partial charge in [-0.05, 0) is 38.1 Å². The van der Waals surface area contributed by atoms with Gasteiger partial charge < -0.3 is 19.9 Å². The van der Waals surface area contributed by atoms with Crippen molar-refractivity contribution in [2.45, 2.75) is 20.4 Å². The number of aromatic nitrogens is 4. The van der Waals surface area contributed by atoms with Gasteiger partial charge in [-0.1, -0.05) is 5.16 Å². The Kier molecular flexibility index (Phi) is 6.77. The number of rotatable bonds is 9. The Hall–Kier alpha value is -4.29. The molecule has 3 rings (SSSR count). The van der Waals surface area contributed by atoms with Gasteiger partial charge in [0, 0.05) is 18.7 Å². The largest absolute Gasteiger partial charge is 0.497 e. The summed E-state index contributed by atoms with van der Waals surface area (Å²) in [5.74, 6) is -0.268. The van der Waals surface area contributed by atoms with Crippen LogP contribution < -0.4 is 15.4 Å². The summed E-state index contributed by atoms with van der Waals surface area (Å²) in [6, 6.07) is 6.94. The van der Waals surface area contributed by atoms with Crippen LogP contribution in [0.1, 0.15) is 22.1 Å². The maximum absolute atomic E-state index is 12.2. The molecule has 0 atom stereocenters. The first-order chi connectivity index (χ1) is 15.3. The van der Waals surface area contributed by atoms with Gasteiger partial charge in [-0.3, -0.25) is 24.4 Å². The van der Waals surface area contributed by atoms with Crippen LogP contribution in [-0.4, -0.2) is 56.9 Å². The molecule has 2 amide bonds. The summed E-state index contributed by atoms with van der Waals surface area (Å²) in [5, 5.41) is 24.0. The van der Waals surface area contributed by atoms with Crippen molar-refractivity contribution in [1.29, 1.82) is 0 Å². The van der Waals surface area contributed by atoms with Gasteiger partial charge in [0.05, 0.1) is 12.0 Å². The van der Waals surface area contributed by atoms with E-state index < -0.39 is 16.7 Å². The predicted molar refractivity (Wildman–Crippen MR) is 110 cm³/mol. The number of amides is 2. The number of hydrogen-bond donors (Lipinski definition) is 2. The third-order valence-corrected chi connectivity index (χ3v) is 4.52. The molecule has 0 saturated carbocycles. The van der Waals surface area contributed by atoms with E-state index in [9.17, 15) is 19.7 Å². The maximum Gasteiger partial charge on any atom is 0.316 e. The highest BCUT2D eigenvalue weighted by molar-refractivity contribution is 5.89. The minimum absolute atomic E-state index is 0.112. The first-order valence-electron chi connectivity index (χ1n) is 9.51. The molecule has 0 fully saturated rings. The number of nitrogens with zero attached hydrogens (tertiary/aromatic N) is 5. The van der Waals surface area contributed by atoms with Crippen molar-refractivity contribution in [3.63, 3.8) is 0 Å². The molecule has 1 aromatic carbocycles. The number of benzene rings is 1. The van der Waals surface area contributed by atoms with Crippen LogP contribution in [0.2, 0.25) is 0 Å². The van der Waals surface area contributed by atoms with Gasteiger partial charge in [0.25, 0.3) is 0 Å². The molecule has 13 nitrogen and oxygen atoms in total. The van der Waals surface area contributed by atoms with Gasteiger partial charge in [0.1, 0.15) is 23.7 Å². The second-order valence-corrected chi connectivity index (χ2v) is 6.69. The van der Waals surface area contributed by atoms with E-state index >= 15 is 0 Å². The molecule has 168 valence electrons. The average molecular weight is 443 g/mol. The smallest absolute Gasteiger partial charge is 0.316 e. The quantitative estimate of drug-likeness (QED) is 0.278. The van der Waals surface area contributed by atoms with Gasteiger partial charge in [0.2, 0.25) is 11.7 Å². The second-order valence-electron chi connectivity index (χ2n) is 6.69. The van der Waals surface area contributed by atoms with Crippen molar-refractivity contribution in [2.24, 2.45) is 0 Å². The number of hydrogen-bond acceptors (Lipinski definition) is 9. The van der Waals surface area contributed by atoms with Crippen molar-refractivity contribution < 1.29 is 23.8 Å². The molecule has 3 aromatic rings. The minimum atomic E-state index is -0.583. The number of aryl methyl sites for hydroxylation is 1. The third-order valence-electron chi connectivity index (χ3n) is 4.52. The normalized spacial score (nSPS) is 10.6. The highest BCUT2D eigenvalue weighted by atomic mass is 16.6. The fourth-order valence-corrected chi connectivity index (χ4v) is 2.92. The molecule has 0 aliphatic carbocycles. The van der Waals surface area contributed by atoms with Gasteiger partial charge in [-0.25, -0.2) is 0 Å². The molecule has 2 aromatic heterocycles. The molecule has 2 heterocycles. The van der Waals surface area contributed by atoms with Crippen molar-refractivity contribution in [3.8, 4) is 17.1 Å². The zero-order valence-corrected chi connectivity index (χ0v) is 17.6. The molecule has 0 saturated heterocycles. The summed E-state index contributed by atoms with van der Waals surface area (Å²) in [7, 11) is 1.56. The summed E-state index contributed by atoms with van der Waals surface area (Å²) >= 11 is 0. The Morgan fingerprint density at radius 2 is 1.88 bits per heavy atom. The Bertz CT molecular complexity index is 1140. The number of nitrogens with one attached hydrogen (secondary N) is 2. The van der Waals surface area contributed by atoms with Gasteiger partial charge in [-0.15, -0.1) is 0 Å². The van der Waals surface area contributed by atoms with Crippen LogP contribution in [0, 0.1) is 24.0 Å².